The first-order valence-corrected chi connectivity index (χ1v) is 35.5. The van der Waals surface area contributed by atoms with Crippen LogP contribution in [-0.4, -0.2) is 206 Å². The van der Waals surface area contributed by atoms with Crippen molar-refractivity contribution in [2.75, 3.05) is 51.7 Å². The molecule has 0 unspecified atom stereocenters. The van der Waals surface area contributed by atoms with E-state index in [0.717, 1.165) is 27.1 Å². The van der Waals surface area contributed by atoms with Crippen LogP contribution in [0.4, 0.5) is 32.4 Å². The predicted octanol–water partition coefficient (Wildman–Crippen LogP) is 6.20. The number of rotatable bonds is 25. The van der Waals surface area contributed by atoms with Crippen molar-refractivity contribution in [1.82, 2.24) is 81.7 Å². The van der Waals surface area contributed by atoms with Crippen LogP contribution in [0.25, 0.3) is 11.4 Å². The normalized spacial score (nSPS) is 15.1. The fourth-order valence-electron chi connectivity index (χ4n) is 11.5. The minimum atomic E-state index is -0.944. The number of nitrogens with zero attached hydrogens (tertiary/aromatic N) is 14. The van der Waals surface area contributed by atoms with E-state index in [4.69, 9.17) is 10.5 Å². The second kappa shape index (κ2) is 42.3. The summed E-state index contributed by atoms with van der Waals surface area (Å²) in [5.74, 6) is -4.92. The van der Waals surface area contributed by atoms with E-state index in [1.54, 1.807) is 71.6 Å². The average molecular weight is 1560 g/mol. The summed E-state index contributed by atoms with van der Waals surface area (Å²) in [5, 5.41) is 33.7. The molecule has 35 heteroatoms. The molecule has 111 heavy (non-hydrogen) atoms. The number of anilines is 1. The fraction of sp³-hybridized carbons (Fsp3) is 0.461. The van der Waals surface area contributed by atoms with Gasteiger partial charge in [-0.15, -0.1) is 30.0 Å². The molecule has 0 saturated carbocycles. The van der Waals surface area contributed by atoms with Gasteiger partial charge in [0.25, 0.3) is 23.5 Å². The van der Waals surface area contributed by atoms with E-state index >= 15 is 0 Å². The molecule has 5 aromatic carbocycles. The molecule has 29 nitrogen and oxygen atoms in total. The second-order valence-corrected chi connectivity index (χ2v) is 29.6. The van der Waals surface area contributed by atoms with Gasteiger partial charge in [0.1, 0.15) is 52.8 Å². The summed E-state index contributed by atoms with van der Waals surface area (Å²) in [4.78, 5) is 115. The number of ether oxygens (including phenoxy) is 1. The summed E-state index contributed by atoms with van der Waals surface area (Å²) in [5.41, 5.74) is 8.55. The number of nitrogens with one attached hydrogen (secondary N) is 3. The Kier molecular flexibility index (Phi) is 35.5. The Hall–Kier alpha value is -10.2. The first kappa shape index (κ1) is 93.2. The van der Waals surface area contributed by atoms with Crippen LogP contribution in [0.5, 0.6) is 0 Å². The number of hydrogen-bond acceptors (Lipinski definition) is 19. The van der Waals surface area contributed by atoms with Crippen LogP contribution in [0.3, 0.4) is 0 Å². The Labute approximate surface area is 665 Å². The van der Waals surface area contributed by atoms with Crippen molar-refractivity contribution in [3.63, 3.8) is 0 Å². The Morgan fingerprint density at radius 3 is 1.31 bits per heavy atom. The van der Waals surface area contributed by atoms with Crippen molar-refractivity contribution in [2.24, 2.45) is 27.6 Å². The number of hydrogen-bond donors (Lipinski definition) is 5. The molecule has 0 radical (unpaired) electrons. The van der Waals surface area contributed by atoms with Crippen LogP contribution in [-0.2, 0) is 41.6 Å². The van der Waals surface area contributed by atoms with Crippen LogP contribution in [0.1, 0.15) is 148 Å². The quantitative estimate of drug-likeness (QED) is 0.0106. The van der Waals surface area contributed by atoms with Crippen LogP contribution in [0, 0.1) is 45.8 Å². The number of amidine groups is 1. The number of halogens is 5. The van der Waals surface area contributed by atoms with E-state index in [9.17, 15) is 60.3 Å². The van der Waals surface area contributed by atoms with Gasteiger partial charge < -0.3 is 57.1 Å². The molecule has 9 N–H and O–H groups in total. The Morgan fingerprint density at radius 2 is 0.955 bits per heavy atom. The maximum Gasteiger partial charge on any atom is 1.00 e. The third-order valence-corrected chi connectivity index (χ3v) is 18.0. The van der Waals surface area contributed by atoms with Crippen LogP contribution in [0.2, 0.25) is 0 Å². The number of tetrazole rings is 2. The number of carbonyl (C=O) groups excluding carboxylic acids is 8. The van der Waals surface area contributed by atoms with Crippen molar-refractivity contribution in [3.8, 4) is 11.4 Å². The fourth-order valence-corrected chi connectivity index (χ4v) is 11.5. The summed E-state index contributed by atoms with van der Waals surface area (Å²) in [6.07, 6.45) is 4.93. The molecule has 7 amide bonds. The molecule has 2 aliphatic heterocycles. The predicted molar refractivity (Wildman–Crippen MR) is 400 cm³/mol. The Bertz CT molecular complexity index is 4220. The Morgan fingerprint density at radius 1 is 0.595 bits per heavy atom. The summed E-state index contributed by atoms with van der Waals surface area (Å²) >= 11 is 0. The zero-order valence-corrected chi connectivity index (χ0v) is 67.3. The van der Waals surface area contributed by atoms with Gasteiger partial charge in [-0.05, 0) is 208 Å². The van der Waals surface area contributed by atoms with Gasteiger partial charge in [-0.1, -0.05) is 79.7 Å². The van der Waals surface area contributed by atoms with Gasteiger partial charge >= 0.3 is 35.7 Å². The summed E-state index contributed by atoms with van der Waals surface area (Å²) in [6, 6.07) is 25.1. The van der Waals surface area contributed by atoms with Gasteiger partial charge in [-0.3, -0.25) is 39.1 Å². The van der Waals surface area contributed by atoms with Gasteiger partial charge in [0.15, 0.2) is 0 Å². The number of likely N-dealkylation sites (N-methyl/N-ethyl adjacent to an activating group) is 1. The van der Waals surface area contributed by atoms with E-state index in [2.05, 4.69) is 52.0 Å². The minimum absolute atomic E-state index is 0. The van der Waals surface area contributed by atoms with Crippen LogP contribution >= 0.6 is 0 Å². The molecule has 6 atom stereocenters. The standard InChI is InChI=1S/C36H48F2N8O5.C32H41F2N7O3.C8H7FN3O.H3N.Na.H2O/c1-23(43(8)34(50)51-36(5,6)7)31(47)39-29(35(2,3)4)32(48)45-20-9-10-28(45)22-44(21-19-24-11-13-25(37)14-12-24)33(49)30-40-42-46(41-30)27-17-15-26(38)16-18-27;1-6-21(2)29(42)35-27(32(3,4)5)30(43)40-18-7-8-26(40)20-39(19-17-22-9-11-23(33)12-10-22)31(44)28-36-38-41(37-28)25-15-13-24(34)14-16-25;9-6-1-3-7(4-2-6)11-12-8(10)5-13;;;/h11-18,23,28-29H,9-10,19-22H2,1-8H3,(H,39,47);9-16,21,26-27H,6-8,17-20H2,1-5H3,(H,35,42);1-4,11H,(H2,10,12);1H3;;1H2/q;;-1;;+1;/p-1/t23-,28-,29+;21-,26+,27-;;;;/m01..../s1. The molecule has 2 saturated heterocycles. The minimum Gasteiger partial charge on any atom is -0.870 e. The van der Waals surface area contributed by atoms with Gasteiger partial charge in [0.05, 0.1) is 17.1 Å². The molecule has 2 aromatic heterocycles. The summed E-state index contributed by atoms with van der Waals surface area (Å²) < 4.78 is 71.8. The van der Waals surface area contributed by atoms with Crippen molar-refractivity contribution in [2.45, 2.75) is 164 Å². The van der Waals surface area contributed by atoms with E-state index in [-0.39, 0.29) is 132 Å². The molecule has 0 aliphatic carbocycles. The smallest absolute Gasteiger partial charge is 0.870 e. The van der Waals surface area contributed by atoms with Crippen molar-refractivity contribution < 1.29 is 100 Å². The maximum absolute atomic E-state index is 14.3. The van der Waals surface area contributed by atoms with Crippen molar-refractivity contribution in [3.05, 3.63) is 173 Å². The molecule has 0 spiro atoms. The second-order valence-electron chi connectivity index (χ2n) is 29.6. The molecule has 2 aliphatic rings. The molecule has 9 rings (SSSR count). The molecular formula is C76H100F5N19NaO10-. The third-order valence-electron chi connectivity index (χ3n) is 18.0. The van der Waals surface area contributed by atoms with Gasteiger partial charge in [-0.2, -0.15) is 11.4 Å². The summed E-state index contributed by atoms with van der Waals surface area (Å²) in [7, 11) is 1.47. The largest absolute Gasteiger partial charge is 1.00 e. The van der Waals surface area contributed by atoms with Gasteiger partial charge in [-0.25, -0.2) is 26.7 Å². The third kappa shape index (κ3) is 27.7. The van der Waals surface area contributed by atoms with Gasteiger partial charge in [0, 0.05) is 64.3 Å². The maximum atomic E-state index is 14.3. The Balaban J connectivity index is 0.000000395. The summed E-state index contributed by atoms with van der Waals surface area (Å²) in [6.45, 7) is 23.6. The molecule has 4 heterocycles. The number of nitrogens with two attached hydrogens (primary N) is 1. The molecule has 0 bridgehead atoms. The van der Waals surface area contributed by atoms with Crippen molar-refractivity contribution in [1.29, 1.82) is 0 Å². The van der Waals surface area contributed by atoms with Crippen LogP contribution < -0.4 is 57.5 Å². The number of benzene rings is 5. The zero-order chi connectivity index (χ0) is 79.4. The monoisotopic (exact) mass is 1560 g/mol. The average Bonchev–Trinajstić information content (AvgIpc) is 1.60. The van der Waals surface area contributed by atoms with Gasteiger partial charge in [0.2, 0.25) is 23.6 Å². The topological polar surface area (TPSA) is 389 Å². The number of aromatic nitrogens is 8. The zero-order valence-electron chi connectivity index (χ0n) is 65.3. The number of carbonyl (C=O) groups is 7. The van der Waals surface area contributed by atoms with E-state index < -0.39 is 76.0 Å². The number of hydrazone groups is 1. The van der Waals surface area contributed by atoms with E-state index in [1.165, 1.54) is 115 Å². The first-order chi connectivity index (χ1) is 50.9. The number of likely N-dealkylation sites (tertiary alicyclic amines) is 2. The van der Waals surface area contributed by atoms with E-state index in [0.29, 0.717) is 68.7 Å². The van der Waals surface area contributed by atoms with E-state index in [1.807, 2.05) is 55.4 Å². The molecule has 2 fully saturated rings. The number of amides is 7. The van der Waals surface area contributed by atoms with Crippen LogP contribution in [0.15, 0.2) is 126 Å². The first-order valence-electron chi connectivity index (χ1n) is 35.5. The van der Waals surface area contributed by atoms with Crippen molar-refractivity contribution >= 4 is 59.3 Å². The molecule has 7 aromatic rings. The molecule has 596 valence electrons. The SMILES string of the molecule is CC[C@@H](C)C(=O)N[C@H](C(=O)N1CCC[C@H]1CN(CCc1ccc(F)cc1)C(=O)c1nnn(-c2ccc(F)cc2)n1)C(C)(C)C.C[C@@H](C(=O)N[C@H](C(=O)N1CCC[C@H]1CN(CCc1ccc(F)cc1)C(=O)c1nnn(-c2ccc(F)cc2)n1)C(C)(C)C)N(C)C(=O)OC(C)(C)C.N.N/C([C-]=O)=N\Nc1ccc(F)cc1.[Na+].[OH-]. The molecular weight excluding hydrogens is 1460 g/mol.